The maximum absolute atomic E-state index is 12.7. The molecule has 154 valence electrons. The second-order valence-electron chi connectivity index (χ2n) is 8.48. The highest BCUT2D eigenvalue weighted by Gasteiger charge is 2.37. The van der Waals surface area contributed by atoms with E-state index in [0.29, 0.717) is 29.3 Å². The van der Waals surface area contributed by atoms with Crippen LogP contribution in [-0.2, 0) is 11.0 Å². The van der Waals surface area contributed by atoms with Gasteiger partial charge in [-0.3, -0.25) is 4.79 Å². The van der Waals surface area contributed by atoms with Gasteiger partial charge in [0.1, 0.15) is 11.3 Å². The summed E-state index contributed by atoms with van der Waals surface area (Å²) in [7, 11) is -0.261. The molecule has 2 aromatic heterocycles. The minimum atomic E-state index is -1.84. The number of aromatic nitrogens is 3. The molecule has 0 spiro atoms. The summed E-state index contributed by atoms with van der Waals surface area (Å²) in [6.45, 7) is 11.6. The summed E-state index contributed by atoms with van der Waals surface area (Å²) >= 11 is 0. The topological polar surface area (TPSA) is 77.8 Å². The van der Waals surface area contributed by atoms with Crippen molar-refractivity contribution in [3.05, 3.63) is 54.0 Å². The zero-order valence-electron chi connectivity index (χ0n) is 17.8. The number of ether oxygens (including phenoxy) is 1. The smallest absolute Gasteiger partial charge is 0.261 e. The number of fused-ring (bicyclic) bond motifs is 1. The maximum Gasteiger partial charge on any atom is 0.261 e. The lowest BCUT2D eigenvalue weighted by Crippen LogP contribution is -2.40. The summed E-state index contributed by atoms with van der Waals surface area (Å²) in [5.41, 5.74) is 2.49. The highest BCUT2D eigenvalue weighted by Crippen LogP contribution is 2.37. The van der Waals surface area contributed by atoms with Crippen molar-refractivity contribution in [3.63, 3.8) is 0 Å². The standard InChI is InChI=1S/C21H28N4O3Si/c1-21(2,3)29(5,6)28-14-15-8-9-17(18(12-15)27-4)24-20(26)16-13-23-25-11-7-10-22-19(16)25/h7-13H,14H2,1-6H3,(H,24,26). The Balaban J connectivity index is 1.76. The van der Waals surface area contributed by atoms with E-state index < -0.39 is 8.32 Å². The second kappa shape index (κ2) is 7.96. The van der Waals surface area contributed by atoms with Gasteiger partial charge in [0.15, 0.2) is 14.0 Å². The van der Waals surface area contributed by atoms with Crippen LogP contribution in [0.15, 0.2) is 42.9 Å². The molecule has 1 N–H and O–H groups in total. The van der Waals surface area contributed by atoms with Crippen molar-refractivity contribution in [2.45, 2.75) is 45.5 Å². The summed E-state index contributed by atoms with van der Waals surface area (Å²) in [5.74, 6) is 0.293. The first-order chi connectivity index (χ1) is 13.6. The molecule has 2 heterocycles. The normalized spacial score (nSPS) is 12.2. The number of nitrogens with one attached hydrogen (secondary N) is 1. The van der Waals surface area contributed by atoms with Crippen molar-refractivity contribution in [2.75, 3.05) is 12.4 Å². The van der Waals surface area contributed by atoms with E-state index in [9.17, 15) is 4.79 Å². The Morgan fingerprint density at radius 3 is 2.72 bits per heavy atom. The average Bonchev–Trinajstić information content (AvgIpc) is 3.10. The Bertz CT molecular complexity index is 1020. The van der Waals surface area contributed by atoms with Gasteiger partial charge in [-0.1, -0.05) is 26.8 Å². The van der Waals surface area contributed by atoms with Crippen LogP contribution in [0.3, 0.4) is 0 Å². The van der Waals surface area contributed by atoms with Crippen LogP contribution in [-0.4, -0.2) is 35.9 Å². The van der Waals surface area contributed by atoms with Crippen LogP contribution in [0.2, 0.25) is 18.1 Å². The number of benzene rings is 1. The molecule has 1 aromatic carbocycles. The first-order valence-electron chi connectivity index (χ1n) is 9.53. The quantitative estimate of drug-likeness (QED) is 0.603. The Labute approximate surface area is 172 Å². The SMILES string of the molecule is COc1cc(CO[Si](C)(C)C(C)(C)C)ccc1NC(=O)c1cnn2cccnc12. The molecule has 0 radical (unpaired) electrons. The van der Waals surface area contributed by atoms with E-state index in [4.69, 9.17) is 9.16 Å². The molecular weight excluding hydrogens is 384 g/mol. The molecule has 0 bridgehead atoms. The lowest BCUT2D eigenvalue weighted by atomic mass is 10.2. The van der Waals surface area contributed by atoms with Gasteiger partial charge in [-0.05, 0) is 41.9 Å². The third-order valence-corrected chi connectivity index (χ3v) is 9.92. The lowest BCUT2D eigenvalue weighted by molar-refractivity contribution is 0.102. The second-order valence-corrected chi connectivity index (χ2v) is 13.3. The van der Waals surface area contributed by atoms with E-state index in [1.54, 1.807) is 30.1 Å². The largest absolute Gasteiger partial charge is 0.495 e. The third-order valence-electron chi connectivity index (χ3n) is 5.44. The van der Waals surface area contributed by atoms with E-state index in [-0.39, 0.29) is 10.9 Å². The average molecular weight is 413 g/mol. The van der Waals surface area contributed by atoms with Crippen molar-refractivity contribution in [1.29, 1.82) is 0 Å². The molecule has 0 saturated heterocycles. The number of hydrogen-bond donors (Lipinski definition) is 1. The fourth-order valence-electron chi connectivity index (χ4n) is 2.59. The molecule has 0 atom stereocenters. The third kappa shape index (κ3) is 4.49. The monoisotopic (exact) mass is 412 g/mol. The molecule has 3 aromatic rings. The molecule has 1 amide bonds. The molecule has 0 fully saturated rings. The molecule has 7 nitrogen and oxygen atoms in total. The Morgan fingerprint density at radius 1 is 1.28 bits per heavy atom. The minimum Gasteiger partial charge on any atom is -0.495 e. The van der Waals surface area contributed by atoms with Gasteiger partial charge >= 0.3 is 0 Å². The Kier molecular flexibility index (Phi) is 5.77. The van der Waals surface area contributed by atoms with Crippen molar-refractivity contribution >= 4 is 25.6 Å². The predicted octanol–water partition coefficient (Wildman–Crippen LogP) is 4.51. The van der Waals surface area contributed by atoms with Crippen LogP contribution in [0.25, 0.3) is 5.65 Å². The zero-order chi connectivity index (χ0) is 21.2. The number of carbonyl (C=O) groups is 1. The van der Waals surface area contributed by atoms with E-state index in [1.165, 1.54) is 6.20 Å². The Morgan fingerprint density at radius 2 is 2.03 bits per heavy atom. The fourth-order valence-corrected chi connectivity index (χ4v) is 3.55. The van der Waals surface area contributed by atoms with E-state index >= 15 is 0 Å². The molecule has 0 aliphatic carbocycles. The van der Waals surface area contributed by atoms with Crippen LogP contribution in [0.4, 0.5) is 5.69 Å². The van der Waals surface area contributed by atoms with Crippen molar-refractivity contribution < 1.29 is 14.0 Å². The minimum absolute atomic E-state index is 0.146. The number of carbonyl (C=O) groups excluding carboxylic acids is 1. The van der Waals surface area contributed by atoms with Crippen molar-refractivity contribution in [1.82, 2.24) is 14.6 Å². The predicted molar refractivity (Wildman–Crippen MR) is 116 cm³/mol. The lowest BCUT2D eigenvalue weighted by Gasteiger charge is -2.36. The molecule has 0 aliphatic heterocycles. The van der Waals surface area contributed by atoms with Crippen LogP contribution >= 0.6 is 0 Å². The molecule has 29 heavy (non-hydrogen) atoms. The molecule has 3 rings (SSSR count). The number of rotatable bonds is 6. The van der Waals surface area contributed by atoms with Crippen LogP contribution in [0.1, 0.15) is 36.7 Å². The number of hydrogen-bond acceptors (Lipinski definition) is 5. The van der Waals surface area contributed by atoms with Crippen molar-refractivity contribution in [3.8, 4) is 5.75 Å². The number of nitrogens with zero attached hydrogens (tertiary/aromatic N) is 3. The summed E-state index contributed by atoms with van der Waals surface area (Å²) in [6.07, 6.45) is 4.88. The molecular formula is C21H28N4O3Si. The van der Waals surface area contributed by atoms with Crippen LogP contribution in [0, 0.1) is 0 Å². The van der Waals surface area contributed by atoms with Crippen molar-refractivity contribution in [2.24, 2.45) is 0 Å². The Hall–Kier alpha value is -2.71. The highest BCUT2D eigenvalue weighted by molar-refractivity contribution is 6.74. The molecule has 8 heteroatoms. The van der Waals surface area contributed by atoms with Gasteiger partial charge in [-0.15, -0.1) is 0 Å². The first kappa shape index (κ1) is 21.0. The van der Waals surface area contributed by atoms with Gasteiger partial charge in [-0.2, -0.15) is 5.10 Å². The van der Waals surface area contributed by atoms with Gasteiger partial charge in [0.2, 0.25) is 0 Å². The van der Waals surface area contributed by atoms with Gasteiger partial charge in [0.05, 0.1) is 25.6 Å². The zero-order valence-corrected chi connectivity index (χ0v) is 18.8. The summed E-state index contributed by atoms with van der Waals surface area (Å²) < 4.78 is 13.3. The van der Waals surface area contributed by atoms with Gasteiger partial charge in [0, 0.05) is 12.4 Å². The molecule has 0 aliphatic rings. The van der Waals surface area contributed by atoms with Gasteiger partial charge < -0.3 is 14.5 Å². The summed E-state index contributed by atoms with van der Waals surface area (Å²) in [4.78, 5) is 17.0. The van der Waals surface area contributed by atoms with Gasteiger partial charge in [-0.25, -0.2) is 9.50 Å². The number of anilines is 1. The van der Waals surface area contributed by atoms with E-state index in [2.05, 4.69) is 49.3 Å². The first-order valence-corrected chi connectivity index (χ1v) is 12.4. The molecule has 0 unspecified atom stereocenters. The number of amides is 1. The van der Waals surface area contributed by atoms with Gasteiger partial charge in [0.25, 0.3) is 5.91 Å². The van der Waals surface area contributed by atoms with E-state index in [0.717, 1.165) is 5.56 Å². The van der Waals surface area contributed by atoms with E-state index in [1.807, 2.05) is 18.2 Å². The summed E-state index contributed by atoms with van der Waals surface area (Å²) in [5, 5.41) is 7.19. The fraction of sp³-hybridized carbons (Fsp3) is 0.381. The number of methoxy groups -OCH3 is 1. The van der Waals surface area contributed by atoms with Crippen LogP contribution < -0.4 is 10.1 Å². The van der Waals surface area contributed by atoms with Crippen LogP contribution in [0.5, 0.6) is 5.75 Å². The molecule has 0 saturated carbocycles. The highest BCUT2D eigenvalue weighted by atomic mass is 28.4. The maximum atomic E-state index is 12.7. The summed E-state index contributed by atoms with van der Waals surface area (Å²) in [6, 6.07) is 7.44.